The number of hydrogen-bond acceptors (Lipinski definition) is 7. The fraction of sp³-hybridized carbons (Fsp3) is 0.200. The van der Waals surface area contributed by atoms with Crippen LogP contribution < -0.4 is 15.6 Å². The summed E-state index contributed by atoms with van der Waals surface area (Å²) in [5.41, 5.74) is 9.31. The molecule has 0 saturated carbocycles. The fourth-order valence-electron chi connectivity index (χ4n) is 4.71. The Labute approximate surface area is 229 Å². The fourth-order valence-corrected chi connectivity index (χ4v) is 5.32. The first-order valence-corrected chi connectivity index (χ1v) is 13.4. The predicted octanol–water partition coefficient (Wildman–Crippen LogP) is 5.05. The zero-order chi connectivity index (χ0) is 27.4. The van der Waals surface area contributed by atoms with Gasteiger partial charge in [-0.15, -0.1) is 11.3 Å². The third-order valence-corrected chi connectivity index (χ3v) is 7.34. The minimum Gasteiger partial charge on any atom is -0.497 e. The predicted molar refractivity (Wildman–Crippen MR) is 150 cm³/mol. The third kappa shape index (κ3) is 5.83. The summed E-state index contributed by atoms with van der Waals surface area (Å²) in [5, 5.41) is 2.43. The number of benzene rings is 2. The molecule has 0 fully saturated rings. The van der Waals surface area contributed by atoms with Gasteiger partial charge in [-0.1, -0.05) is 43.3 Å². The number of pyridine rings is 1. The van der Waals surface area contributed by atoms with Crippen LogP contribution in [0.4, 0.5) is 0 Å². The van der Waals surface area contributed by atoms with Crippen LogP contribution in [0.1, 0.15) is 50.2 Å². The van der Waals surface area contributed by atoms with Crippen molar-refractivity contribution < 1.29 is 23.9 Å². The van der Waals surface area contributed by atoms with E-state index in [4.69, 9.17) is 14.5 Å². The number of carbonyl (C=O) groups is 3. The molecule has 198 valence electrons. The maximum atomic E-state index is 13.5. The Bertz CT molecular complexity index is 1560. The lowest BCUT2D eigenvalue weighted by molar-refractivity contribution is -0.125. The second-order valence-corrected chi connectivity index (χ2v) is 10.3. The second-order valence-electron chi connectivity index (χ2n) is 9.34. The standard InChI is InChI=1S/C30H27N3O5S/c1-18-14-20(16-19-9-11-21(37-2)12-10-19)28-23(15-18)27(22-6-3-4-7-24(22)31-28)30(36)38-17-26(34)32-33-29(35)25-8-5-13-39-25/h3-13,16,18H,14-15,17H2,1-2H3,(H,32,34)(H,33,35). The summed E-state index contributed by atoms with van der Waals surface area (Å²) in [6.45, 7) is 1.60. The van der Waals surface area contributed by atoms with E-state index in [9.17, 15) is 14.4 Å². The molecule has 0 bridgehead atoms. The zero-order valence-corrected chi connectivity index (χ0v) is 22.3. The molecule has 1 aliphatic rings. The molecule has 4 aromatic rings. The molecule has 9 heteroatoms. The number of allylic oxidation sites excluding steroid dienone is 1. The quantitative estimate of drug-likeness (QED) is 0.262. The van der Waals surface area contributed by atoms with E-state index in [1.54, 1.807) is 24.6 Å². The molecule has 2 aromatic heterocycles. The van der Waals surface area contributed by atoms with Crippen LogP contribution in [0.2, 0.25) is 0 Å². The first kappa shape index (κ1) is 26.1. The number of fused-ring (bicyclic) bond motifs is 2. The van der Waals surface area contributed by atoms with Crippen molar-refractivity contribution in [3.63, 3.8) is 0 Å². The van der Waals surface area contributed by atoms with Crippen molar-refractivity contribution in [2.24, 2.45) is 5.92 Å². The molecule has 0 aliphatic heterocycles. The summed E-state index contributed by atoms with van der Waals surface area (Å²) >= 11 is 1.25. The normalized spacial score (nSPS) is 15.4. The van der Waals surface area contributed by atoms with Gasteiger partial charge in [0.2, 0.25) is 0 Å². The molecule has 2 amide bonds. The number of amides is 2. The van der Waals surface area contributed by atoms with Crippen molar-refractivity contribution in [2.75, 3.05) is 13.7 Å². The first-order chi connectivity index (χ1) is 18.9. The summed E-state index contributed by atoms with van der Waals surface area (Å²) in [5.74, 6) is -0.647. The Morgan fingerprint density at radius 2 is 1.82 bits per heavy atom. The minimum absolute atomic E-state index is 0.271. The number of aromatic nitrogens is 1. The van der Waals surface area contributed by atoms with Crippen molar-refractivity contribution in [1.29, 1.82) is 0 Å². The van der Waals surface area contributed by atoms with Gasteiger partial charge < -0.3 is 9.47 Å². The van der Waals surface area contributed by atoms with Crippen LogP contribution in [0.15, 0.2) is 66.0 Å². The van der Waals surface area contributed by atoms with Gasteiger partial charge in [0.15, 0.2) is 6.61 Å². The van der Waals surface area contributed by atoms with Crippen LogP contribution >= 0.6 is 11.3 Å². The van der Waals surface area contributed by atoms with Gasteiger partial charge in [0.1, 0.15) is 5.75 Å². The van der Waals surface area contributed by atoms with Crippen molar-refractivity contribution in [1.82, 2.24) is 15.8 Å². The number of hydrazine groups is 1. The molecular formula is C30H27N3O5S. The van der Waals surface area contributed by atoms with E-state index in [1.807, 2.05) is 48.5 Å². The molecule has 5 rings (SSSR count). The summed E-state index contributed by atoms with van der Waals surface area (Å²) in [6.07, 6.45) is 3.56. The number of rotatable bonds is 6. The van der Waals surface area contributed by atoms with E-state index in [0.29, 0.717) is 27.8 Å². The second kappa shape index (κ2) is 11.5. The summed E-state index contributed by atoms with van der Waals surface area (Å²) in [4.78, 5) is 43.2. The Hall–Kier alpha value is -4.50. The van der Waals surface area contributed by atoms with Crippen LogP contribution in [0.3, 0.4) is 0 Å². The van der Waals surface area contributed by atoms with E-state index in [2.05, 4.69) is 23.9 Å². The van der Waals surface area contributed by atoms with Crippen LogP contribution in [0.5, 0.6) is 5.75 Å². The zero-order valence-electron chi connectivity index (χ0n) is 21.5. The smallest absolute Gasteiger partial charge is 0.339 e. The highest BCUT2D eigenvalue weighted by Gasteiger charge is 2.29. The van der Waals surface area contributed by atoms with E-state index < -0.39 is 24.4 Å². The molecule has 1 atom stereocenters. The maximum Gasteiger partial charge on any atom is 0.339 e. The average molecular weight is 542 g/mol. The van der Waals surface area contributed by atoms with Crippen LogP contribution in [-0.4, -0.2) is 36.5 Å². The minimum atomic E-state index is -0.644. The lowest BCUT2D eigenvalue weighted by Gasteiger charge is -2.26. The highest BCUT2D eigenvalue weighted by Crippen LogP contribution is 2.38. The lowest BCUT2D eigenvalue weighted by atomic mass is 9.80. The SMILES string of the molecule is COc1ccc(C=C2CC(C)Cc3c2nc2ccccc2c3C(=O)OCC(=O)NNC(=O)c2cccs2)cc1. The molecule has 39 heavy (non-hydrogen) atoms. The number of para-hydroxylation sites is 1. The van der Waals surface area contributed by atoms with Crippen LogP contribution in [0, 0.1) is 5.92 Å². The molecule has 8 nitrogen and oxygen atoms in total. The Morgan fingerprint density at radius 1 is 1.03 bits per heavy atom. The van der Waals surface area contributed by atoms with Gasteiger partial charge in [-0.25, -0.2) is 9.78 Å². The van der Waals surface area contributed by atoms with Crippen molar-refractivity contribution in [2.45, 2.75) is 19.8 Å². The van der Waals surface area contributed by atoms with Gasteiger partial charge in [-0.3, -0.25) is 20.4 Å². The number of esters is 1. The number of ether oxygens (including phenoxy) is 2. The highest BCUT2D eigenvalue weighted by molar-refractivity contribution is 7.12. The topological polar surface area (TPSA) is 107 Å². The van der Waals surface area contributed by atoms with Gasteiger partial charge in [0.25, 0.3) is 11.8 Å². The molecule has 0 saturated heterocycles. The van der Waals surface area contributed by atoms with Gasteiger partial charge in [-0.05, 0) is 71.2 Å². The highest BCUT2D eigenvalue weighted by atomic mass is 32.1. The Balaban J connectivity index is 1.41. The maximum absolute atomic E-state index is 13.5. The van der Waals surface area contributed by atoms with Crippen molar-refractivity contribution >= 4 is 51.7 Å². The molecule has 0 spiro atoms. The largest absolute Gasteiger partial charge is 0.497 e. The molecule has 2 aromatic carbocycles. The number of hydrogen-bond donors (Lipinski definition) is 2. The van der Waals surface area contributed by atoms with Crippen LogP contribution in [-0.2, 0) is 16.0 Å². The van der Waals surface area contributed by atoms with E-state index >= 15 is 0 Å². The number of nitrogens with one attached hydrogen (secondary N) is 2. The Kier molecular flexibility index (Phi) is 7.69. The van der Waals surface area contributed by atoms with Crippen molar-refractivity contribution in [3.8, 4) is 5.75 Å². The van der Waals surface area contributed by atoms with Crippen LogP contribution in [0.25, 0.3) is 22.6 Å². The van der Waals surface area contributed by atoms with Crippen molar-refractivity contribution in [3.05, 3.63) is 93.3 Å². The third-order valence-electron chi connectivity index (χ3n) is 6.47. The number of nitrogens with zero attached hydrogens (tertiary/aromatic N) is 1. The molecular weight excluding hydrogens is 514 g/mol. The van der Waals surface area contributed by atoms with E-state index in [0.717, 1.165) is 34.6 Å². The number of carbonyl (C=O) groups excluding carboxylic acids is 3. The summed E-state index contributed by atoms with van der Waals surface area (Å²) < 4.78 is 10.7. The monoisotopic (exact) mass is 541 g/mol. The first-order valence-electron chi connectivity index (χ1n) is 12.5. The molecule has 2 N–H and O–H groups in total. The van der Waals surface area contributed by atoms with Gasteiger partial charge in [-0.2, -0.15) is 0 Å². The molecule has 1 aliphatic carbocycles. The lowest BCUT2D eigenvalue weighted by Crippen LogP contribution is -2.43. The molecule has 2 heterocycles. The number of methoxy groups -OCH3 is 1. The van der Waals surface area contributed by atoms with Gasteiger partial charge in [0, 0.05) is 5.39 Å². The molecule has 0 radical (unpaired) electrons. The summed E-state index contributed by atoms with van der Waals surface area (Å²) in [6, 6.07) is 18.6. The van der Waals surface area contributed by atoms with E-state index in [1.165, 1.54) is 11.3 Å². The van der Waals surface area contributed by atoms with Gasteiger partial charge in [0.05, 0.1) is 28.8 Å². The van der Waals surface area contributed by atoms with E-state index in [-0.39, 0.29) is 5.92 Å². The Morgan fingerprint density at radius 3 is 2.56 bits per heavy atom. The average Bonchev–Trinajstić information content (AvgIpc) is 3.49. The van der Waals surface area contributed by atoms with Gasteiger partial charge >= 0.3 is 5.97 Å². The molecule has 1 unspecified atom stereocenters. The number of thiophene rings is 1. The summed E-state index contributed by atoms with van der Waals surface area (Å²) in [7, 11) is 1.63.